The van der Waals surface area contributed by atoms with Gasteiger partial charge >= 0.3 is 6.09 Å². The number of carbonyl (C=O) groups excluding carboxylic acids is 2. The quantitative estimate of drug-likeness (QED) is 0.772. The second-order valence-corrected chi connectivity index (χ2v) is 5.34. The zero-order valence-electron chi connectivity index (χ0n) is 11.8. The molecule has 2 saturated heterocycles. The molecule has 0 N–H and O–H groups in total. The van der Waals surface area contributed by atoms with Gasteiger partial charge in [-0.1, -0.05) is 0 Å². The number of pyridine rings is 1. The van der Waals surface area contributed by atoms with Crippen LogP contribution in [0.4, 0.5) is 4.79 Å². The van der Waals surface area contributed by atoms with Crippen molar-refractivity contribution < 1.29 is 14.3 Å². The molecule has 7 heteroatoms. The zero-order valence-corrected chi connectivity index (χ0v) is 11.8. The number of likely N-dealkylation sites (tertiary alicyclic amines) is 1. The number of aromatic nitrogens is 1. The second-order valence-electron chi connectivity index (χ2n) is 5.34. The second kappa shape index (κ2) is 5.23. The Kier molecular flexibility index (Phi) is 3.40. The highest BCUT2D eigenvalue weighted by Gasteiger charge is 2.36. The fourth-order valence-electron chi connectivity index (χ4n) is 2.85. The number of nitrogens with zero attached hydrogens (tertiary/aromatic N) is 3. The van der Waals surface area contributed by atoms with Crippen LogP contribution < -0.4 is 5.56 Å². The maximum Gasteiger partial charge on any atom is 0.410 e. The summed E-state index contributed by atoms with van der Waals surface area (Å²) in [5.41, 5.74) is -0.129. The Balaban J connectivity index is 1.74. The van der Waals surface area contributed by atoms with Crippen molar-refractivity contribution in [1.82, 2.24) is 14.4 Å². The molecular weight excluding hydrogens is 274 g/mol. The molecule has 2 fully saturated rings. The van der Waals surface area contributed by atoms with E-state index in [0.717, 1.165) is 0 Å². The SMILES string of the molecule is Cn1cccc(C(=O)N2CCC(N3CCOC3=O)C2)c1=O. The first kappa shape index (κ1) is 13.7. The monoisotopic (exact) mass is 291 g/mol. The summed E-state index contributed by atoms with van der Waals surface area (Å²) in [4.78, 5) is 39.3. The van der Waals surface area contributed by atoms with Crippen LogP contribution in [0.15, 0.2) is 23.1 Å². The first-order valence-corrected chi connectivity index (χ1v) is 6.96. The van der Waals surface area contributed by atoms with E-state index in [0.29, 0.717) is 32.7 Å². The Morgan fingerprint density at radius 2 is 2.14 bits per heavy atom. The number of ether oxygens (including phenoxy) is 1. The molecule has 3 rings (SSSR count). The van der Waals surface area contributed by atoms with E-state index in [4.69, 9.17) is 4.74 Å². The van der Waals surface area contributed by atoms with E-state index in [2.05, 4.69) is 0 Å². The molecule has 1 aromatic heterocycles. The highest BCUT2D eigenvalue weighted by molar-refractivity contribution is 5.94. The largest absolute Gasteiger partial charge is 0.448 e. The van der Waals surface area contributed by atoms with Crippen LogP contribution in [-0.4, -0.2) is 58.7 Å². The van der Waals surface area contributed by atoms with Gasteiger partial charge in [0.25, 0.3) is 11.5 Å². The summed E-state index contributed by atoms with van der Waals surface area (Å²) >= 11 is 0. The van der Waals surface area contributed by atoms with Crippen molar-refractivity contribution in [3.05, 3.63) is 34.2 Å². The van der Waals surface area contributed by atoms with E-state index in [1.165, 1.54) is 4.57 Å². The smallest absolute Gasteiger partial charge is 0.410 e. The molecule has 0 bridgehead atoms. The Morgan fingerprint density at radius 3 is 2.86 bits per heavy atom. The van der Waals surface area contributed by atoms with Gasteiger partial charge in [0, 0.05) is 26.3 Å². The van der Waals surface area contributed by atoms with Crippen LogP contribution in [0, 0.1) is 0 Å². The first-order chi connectivity index (χ1) is 10.1. The van der Waals surface area contributed by atoms with Crippen molar-refractivity contribution in [1.29, 1.82) is 0 Å². The number of aryl methyl sites for hydroxylation is 1. The van der Waals surface area contributed by atoms with E-state index in [1.807, 2.05) is 0 Å². The van der Waals surface area contributed by atoms with Crippen LogP contribution in [0.25, 0.3) is 0 Å². The minimum absolute atomic E-state index is 0.0171. The minimum Gasteiger partial charge on any atom is -0.448 e. The number of cyclic esters (lactones) is 1. The third-order valence-electron chi connectivity index (χ3n) is 4.04. The van der Waals surface area contributed by atoms with Crippen LogP contribution >= 0.6 is 0 Å². The topological polar surface area (TPSA) is 71.9 Å². The highest BCUT2D eigenvalue weighted by atomic mass is 16.6. The number of hydrogen-bond acceptors (Lipinski definition) is 4. The van der Waals surface area contributed by atoms with Crippen LogP contribution in [0.3, 0.4) is 0 Å². The van der Waals surface area contributed by atoms with Gasteiger partial charge in [-0.3, -0.25) is 14.5 Å². The molecule has 2 aliphatic rings. The fourth-order valence-corrected chi connectivity index (χ4v) is 2.85. The first-order valence-electron chi connectivity index (χ1n) is 6.96. The van der Waals surface area contributed by atoms with Crippen molar-refractivity contribution in [3.8, 4) is 0 Å². The van der Waals surface area contributed by atoms with E-state index < -0.39 is 0 Å². The molecule has 2 aliphatic heterocycles. The lowest BCUT2D eigenvalue weighted by Crippen LogP contribution is -2.40. The van der Waals surface area contributed by atoms with Gasteiger partial charge in [-0.2, -0.15) is 0 Å². The lowest BCUT2D eigenvalue weighted by atomic mass is 10.2. The third-order valence-corrected chi connectivity index (χ3v) is 4.04. The predicted octanol–water partition coefficient (Wildman–Crippen LogP) is 0.0520. The summed E-state index contributed by atoms with van der Waals surface area (Å²) < 4.78 is 6.31. The molecule has 3 heterocycles. The molecule has 112 valence electrons. The minimum atomic E-state index is -0.315. The van der Waals surface area contributed by atoms with Crippen molar-refractivity contribution in [2.24, 2.45) is 7.05 Å². The molecule has 1 unspecified atom stereocenters. The van der Waals surface area contributed by atoms with E-state index >= 15 is 0 Å². The molecule has 0 aromatic carbocycles. The molecule has 0 saturated carbocycles. The van der Waals surface area contributed by atoms with E-state index in [9.17, 15) is 14.4 Å². The molecule has 0 aliphatic carbocycles. The lowest BCUT2D eigenvalue weighted by molar-refractivity contribution is 0.0777. The summed E-state index contributed by atoms with van der Waals surface area (Å²) in [7, 11) is 1.62. The summed E-state index contributed by atoms with van der Waals surface area (Å²) in [6.45, 7) is 1.97. The van der Waals surface area contributed by atoms with Crippen molar-refractivity contribution in [2.45, 2.75) is 12.5 Å². The summed E-state index contributed by atoms with van der Waals surface area (Å²) in [5.74, 6) is -0.272. The standard InChI is InChI=1S/C14H17N3O4/c1-15-5-2-3-11(12(15)18)13(19)16-6-4-10(9-16)17-7-8-21-14(17)20/h2-3,5,10H,4,6-9H2,1H3. The third kappa shape index (κ3) is 2.39. The Labute approximate surface area is 121 Å². The van der Waals surface area contributed by atoms with E-state index in [1.54, 1.807) is 35.2 Å². The summed E-state index contributed by atoms with van der Waals surface area (Å²) in [6, 6.07) is 3.21. The maximum atomic E-state index is 12.4. The van der Waals surface area contributed by atoms with Crippen LogP contribution in [0.1, 0.15) is 16.8 Å². The van der Waals surface area contributed by atoms with Crippen molar-refractivity contribution in [2.75, 3.05) is 26.2 Å². The van der Waals surface area contributed by atoms with Gasteiger partial charge in [-0.25, -0.2) is 4.79 Å². The molecule has 0 spiro atoms. The normalized spacial score (nSPS) is 21.8. The van der Waals surface area contributed by atoms with Gasteiger partial charge < -0.3 is 14.2 Å². The average Bonchev–Trinajstić information content (AvgIpc) is 3.09. The Bertz CT molecular complexity index is 639. The molecule has 1 aromatic rings. The zero-order chi connectivity index (χ0) is 15.0. The van der Waals surface area contributed by atoms with Crippen molar-refractivity contribution >= 4 is 12.0 Å². The number of amides is 2. The molecule has 0 radical (unpaired) electrons. The van der Waals surface area contributed by atoms with Gasteiger partial charge in [0.05, 0.1) is 12.6 Å². The number of rotatable bonds is 2. The summed E-state index contributed by atoms with van der Waals surface area (Å²) in [5, 5.41) is 0. The molecular formula is C14H17N3O4. The Morgan fingerprint density at radius 1 is 1.33 bits per heavy atom. The molecule has 1 atom stereocenters. The van der Waals surface area contributed by atoms with Gasteiger partial charge in [0.15, 0.2) is 0 Å². The molecule has 2 amide bonds. The fraction of sp³-hybridized carbons (Fsp3) is 0.500. The van der Waals surface area contributed by atoms with Gasteiger partial charge in [0.2, 0.25) is 0 Å². The predicted molar refractivity (Wildman–Crippen MR) is 74.0 cm³/mol. The molecule has 7 nitrogen and oxygen atoms in total. The van der Waals surface area contributed by atoms with Gasteiger partial charge in [-0.05, 0) is 18.6 Å². The maximum absolute atomic E-state index is 12.4. The molecule has 21 heavy (non-hydrogen) atoms. The van der Waals surface area contributed by atoms with Crippen LogP contribution in [-0.2, 0) is 11.8 Å². The van der Waals surface area contributed by atoms with Gasteiger partial charge in [0.1, 0.15) is 12.2 Å². The van der Waals surface area contributed by atoms with E-state index in [-0.39, 0.29) is 29.2 Å². The number of carbonyl (C=O) groups is 2. The summed E-state index contributed by atoms with van der Waals surface area (Å²) in [6.07, 6.45) is 2.02. The highest BCUT2D eigenvalue weighted by Crippen LogP contribution is 2.20. The Hall–Kier alpha value is -2.31. The van der Waals surface area contributed by atoms with Crippen LogP contribution in [0.5, 0.6) is 0 Å². The average molecular weight is 291 g/mol. The number of hydrogen-bond donors (Lipinski definition) is 0. The lowest BCUT2D eigenvalue weighted by Gasteiger charge is -2.21. The van der Waals surface area contributed by atoms with Crippen molar-refractivity contribution in [3.63, 3.8) is 0 Å². The van der Waals surface area contributed by atoms with Gasteiger partial charge in [-0.15, -0.1) is 0 Å². The van der Waals surface area contributed by atoms with Crippen LogP contribution in [0.2, 0.25) is 0 Å².